The highest BCUT2D eigenvalue weighted by Crippen LogP contribution is 2.33. The van der Waals surface area contributed by atoms with Gasteiger partial charge < -0.3 is 13.7 Å². The molecule has 0 bridgehead atoms. The molecule has 0 radical (unpaired) electrons. The van der Waals surface area contributed by atoms with Crippen LogP contribution in [0.5, 0.6) is 0 Å². The molecule has 2 heterocycles. The van der Waals surface area contributed by atoms with Crippen molar-refractivity contribution in [3.63, 3.8) is 0 Å². The van der Waals surface area contributed by atoms with Crippen LogP contribution in [0, 0.1) is 0 Å². The number of esters is 1. The minimum atomic E-state index is -0.374. The van der Waals surface area contributed by atoms with Crippen LogP contribution in [-0.2, 0) is 17.7 Å². The third-order valence-corrected chi connectivity index (χ3v) is 5.15. The first kappa shape index (κ1) is 19.0. The Hall–Kier alpha value is -3.34. The second kappa shape index (κ2) is 8.35. The number of aryl methyl sites for hydroxylation is 1. The molecule has 5 heteroatoms. The highest BCUT2D eigenvalue weighted by Gasteiger charge is 2.17. The molecule has 0 aliphatic rings. The molecule has 0 aliphatic carbocycles. The molecular formula is C24H24N2O3. The summed E-state index contributed by atoms with van der Waals surface area (Å²) in [6.45, 7) is 2.96. The Morgan fingerprint density at radius 2 is 2.07 bits per heavy atom. The van der Waals surface area contributed by atoms with E-state index in [1.54, 1.807) is 12.3 Å². The third-order valence-electron chi connectivity index (χ3n) is 5.15. The number of methoxy groups -OCH3 is 1. The molecule has 2 aromatic carbocycles. The fraction of sp³-hybridized carbons (Fsp3) is 0.250. The van der Waals surface area contributed by atoms with E-state index >= 15 is 0 Å². The zero-order valence-corrected chi connectivity index (χ0v) is 16.7. The number of fused-ring (bicyclic) bond motifs is 1. The van der Waals surface area contributed by atoms with E-state index in [4.69, 9.17) is 9.15 Å². The average molecular weight is 388 g/mol. The van der Waals surface area contributed by atoms with Gasteiger partial charge in [-0.1, -0.05) is 43.7 Å². The maximum atomic E-state index is 12.1. The lowest BCUT2D eigenvalue weighted by atomic mass is 10.0. The Bertz CT molecular complexity index is 1140. The number of rotatable bonds is 7. The molecule has 0 saturated heterocycles. The minimum Gasteiger partial charge on any atom is -0.465 e. The average Bonchev–Trinajstić information content (AvgIpc) is 3.38. The summed E-state index contributed by atoms with van der Waals surface area (Å²) in [7, 11) is 1.39. The van der Waals surface area contributed by atoms with Gasteiger partial charge in [-0.15, -0.1) is 0 Å². The van der Waals surface area contributed by atoms with Crippen LogP contribution >= 0.6 is 0 Å². The van der Waals surface area contributed by atoms with Crippen molar-refractivity contribution in [2.24, 2.45) is 0 Å². The van der Waals surface area contributed by atoms with Gasteiger partial charge in [-0.25, -0.2) is 9.78 Å². The first-order chi connectivity index (χ1) is 14.2. The number of aromatic nitrogens is 2. The summed E-state index contributed by atoms with van der Waals surface area (Å²) in [5.74, 6) is 1.42. The summed E-state index contributed by atoms with van der Waals surface area (Å²) >= 11 is 0. The summed E-state index contributed by atoms with van der Waals surface area (Å²) in [4.78, 5) is 16.6. The van der Waals surface area contributed by atoms with Crippen LogP contribution in [0.3, 0.4) is 0 Å². The van der Waals surface area contributed by atoms with Crippen molar-refractivity contribution >= 4 is 16.7 Å². The number of benzene rings is 2. The lowest BCUT2D eigenvalue weighted by Crippen LogP contribution is -2.04. The van der Waals surface area contributed by atoms with Crippen LogP contribution in [0.2, 0.25) is 0 Å². The van der Waals surface area contributed by atoms with Crippen LogP contribution < -0.4 is 0 Å². The molecule has 5 nitrogen and oxygen atoms in total. The number of furan rings is 1. The summed E-state index contributed by atoms with van der Waals surface area (Å²) in [6, 6.07) is 13.6. The third kappa shape index (κ3) is 3.81. The van der Waals surface area contributed by atoms with Crippen molar-refractivity contribution < 1.29 is 13.9 Å². The van der Waals surface area contributed by atoms with Gasteiger partial charge in [0.2, 0.25) is 0 Å². The van der Waals surface area contributed by atoms with Crippen molar-refractivity contribution in [3.8, 4) is 11.3 Å². The molecule has 0 saturated carbocycles. The number of unbranched alkanes of at least 4 members (excludes halogenated alkanes) is 1. The lowest BCUT2D eigenvalue weighted by Gasteiger charge is -2.08. The maximum Gasteiger partial charge on any atom is 0.338 e. The predicted octanol–water partition coefficient (Wildman–Crippen LogP) is 5.47. The topological polar surface area (TPSA) is 57.3 Å². The van der Waals surface area contributed by atoms with Gasteiger partial charge in [-0.3, -0.25) is 0 Å². The van der Waals surface area contributed by atoms with E-state index in [-0.39, 0.29) is 5.97 Å². The molecule has 0 aliphatic heterocycles. The molecule has 4 rings (SSSR count). The SMILES string of the molecule is CCCCc1nccn1Cc1ccc2c(-c3ccccc3C(=O)OC)occ2c1. The standard InChI is InChI=1S/C24H24N2O3/c1-3-4-9-22-25-12-13-26(22)15-17-10-11-19-18(14-17)16-29-23(19)20-7-5-6-8-21(20)24(27)28-2/h5-8,10-14,16H,3-4,9,15H2,1-2H3. The second-order valence-electron chi connectivity index (χ2n) is 7.10. The highest BCUT2D eigenvalue weighted by atomic mass is 16.5. The monoisotopic (exact) mass is 388 g/mol. The molecule has 4 aromatic rings. The van der Waals surface area contributed by atoms with Crippen molar-refractivity contribution in [3.05, 3.63) is 78.1 Å². The summed E-state index contributed by atoms with van der Waals surface area (Å²) in [5, 5.41) is 1.98. The zero-order chi connectivity index (χ0) is 20.2. The van der Waals surface area contributed by atoms with Gasteiger partial charge in [0.15, 0.2) is 0 Å². The fourth-order valence-corrected chi connectivity index (χ4v) is 3.62. The van der Waals surface area contributed by atoms with Crippen molar-refractivity contribution in [2.45, 2.75) is 32.7 Å². The quantitative estimate of drug-likeness (QED) is 0.394. The van der Waals surface area contributed by atoms with E-state index in [0.29, 0.717) is 11.3 Å². The smallest absolute Gasteiger partial charge is 0.338 e. The zero-order valence-electron chi connectivity index (χ0n) is 16.7. The van der Waals surface area contributed by atoms with E-state index < -0.39 is 0 Å². The first-order valence-corrected chi connectivity index (χ1v) is 9.89. The molecule has 0 atom stereocenters. The Balaban J connectivity index is 1.66. The number of nitrogens with zero attached hydrogens (tertiary/aromatic N) is 2. The summed E-state index contributed by atoms with van der Waals surface area (Å²) in [5.41, 5.74) is 2.41. The summed E-state index contributed by atoms with van der Waals surface area (Å²) < 4.78 is 13.0. The molecule has 148 valence electrons. The Morgan fingerprint density at radius 3 is 2.90 bits per heavy atom. The van der Waals surface area contributed by atoms with Crippen LogP contribution in [0.1, 0.15) is 41.5 Å². The van der Waals surface area contributed by atoms with E-state index in [0.717, 1.165) is 48.0 Å². The van der Waals surface area contributed by atoms with Crippen LogP contribution in [0.15, 0.2) is 65.5 Å². The molecule has 0 N–H and O–H groups in total. The lowest BCUT2D eigenvalue weighted by molar-refractivity contribution is 0.0601. The summed E-state index contributed by atoms with van der Waals surface area (Å²) in [6.07, 6.45) is 8.93. The molecule has 0 fully saturated rings. The normalized spacial score (nSPS) is 11.1. The predicted molar refractivity (Wildman–Crippen MR) is 113 cm³/mol. The van der Waals surface area contributed by atoms with Gasteiger partial charge in [0.25, 0.3) is 0 Å². The van der Waals surface area contributed by atoms with Gasteiger partial charge in [0.05, 0.1) is 18.9 Å². The highest BCUT2D eigenvalue weighted by molar-refractivity contribution is 6.02. The van der Waals surface area contributed by atoms with Gasteiger partial charge in [0.1, 0.15) is 11.6 Å². The van der Waals surface area contributed by atoms with Crippen molar-refractivity contribution in [2.75, 3.05) is 7.11 Å². The van der Waals surface area contributed by atoms with E-state index in [1.165, 1.54) is 12.7 Å². The Morgan fingerprint density at radius 1 is 1.21 bits per heavy atom. The van der Waals surface area contributed by atoms with E-state index in [9.17, 15) is 4.79 Å². The molecule has 2 aromatic heterocycles. The molecular weight excluding hydrogens is 364 g/mol. The number of hydrogen-bond acceptors (Lipinski definition) is 4. The van der Waals surface area contributed by atoms with Gasteiger partial charge in [-0.2, -0.15) is 0 Å². The van der Waals surface area contributed by atoms with Gasteiger partial charge >= 0.3 is 5.97 Å². The number of hydrogen-bond donors (Lipinski definition) is 0. The molecule has 0 amide bonds. The minimum absolute atomic E-state index is 0.374. The number of ether oxygens (including phenoxy) is 1. The van der Waals surface area contributed by atoms with Crippen LogP contribution in [0.25, 0.3) is 22.1 Å². The number of carbonyl (C=O) groups is 1. The van der Waals surface area contributed by atoms with E-state index in [1.807, 2.05) is 30.6 Å². The largest absolute Gasteiger partial charge is 0.465 e. The maximum absolute atomic E-state index is 12.1. The van der Waals surface area contributed by atoms with Gasteiger partial charge in [0, 0.05) is 41.7 Å². The van der Waals surface area contributed by atoms with E-state index in [2.05, 4.69) is 34.7 Å². The first-order valence-electron chi connectivity index (χ1n) is 9.89. The number of imidazole rings is 1. The second-order valence-corrected chi connectivity index (χ2v) is 7.10. The molecule has 0 unspecified atom stereocenters. The molecule has 29 heavy (non-hydrogen) atoms. The molecule has 0 spiro atoms. The fourth-order valence-electron chi connectivity index (χ4n) is 3.62. The Labute approximate surface area is 169 Å². The van der Waals surface area contributed by atoms with Crippen molar-refractivity contribution in [1.29, 1.82) is 0 Å². The number of carbonyl (C=O) groups excluding carboxylic acids is 1. The van der Waals surface area contributed by atoms with Gasteiger partial charge in [-0.05, 0) is 24.1 Å². The van der Waals surface area contributed by atoms with Crippen LogP contribution in [-0.4, -0.2) is 22.6 Å². The Kier molecular flexibility index (Phi) is 5.47. The van der Waals surface area contributed by atoms with Crippen molar-refractivity contribution in [1.82, 2.24) is 9.55 Å². The van der Waals surface area contributed by atoms with Crippen LogP contribution in [0.4, 0.5) is 0 Å².